The van der Waals surface area contributed by atoms with Gasteiger partial charge in [0.2, 0.25) is 0 Å². The summed E-state index contributed by atoms with van der Waals surface area (Å²) in [5.41, 5.74) is 5.06. The number of rotatable bonds is 3. The largest absolute Gasteiger partial charge is 0.468 e. The molecule has 0 aromatic carbocycles. The first-order valence-corrected chi connectivity index (χ1v) is 6.23. The predicted molar refractivity (Wildman–Crippen MR) is 51.4 cm³/mol. The van der Waals surface area contributed by atoms with Crippen LogP contribution in [-0.4, -0.2) is 39.0 Å². The molecular weight excluding hydrogens is 206 g/mol. The molecule has 5 nitrogen and oxygen atoms in total. The van der Waals surface area contributed by atoms with Crippen LogP contribution in [-0.2, 0) is 19.4 Å². The van der Waals surface area contributed by atoms with E-state index in [9.17, 15) is 13.2 Å². The van der Waals surface area contributed by atoms with Gasteiger partial charge in [-0.2, -0.15) is 0 Å². The van der Waals surface area contributed by atoms with Crippen LogP contribution >= 0.6 is 0 Å². The Labute approximate surface area is 83.5 Å². The van der Waals surface area contributed by atoms with E-state index in [0.717, 1.165) is 0 Å². The number of hydrogen-bond acceptors (Lipinski definition) is 5. The Morgan fingerprint density at radius 3 is 2.36 bits per heavy atom. The van der Waals surface area contributed by atoms with E-state index in [1.807, 2.05) is 6.92 Å². The predicted octanol–water partition coefficient (Wildman–Crippen LogP) is -0.688. The summed E-state index contributed by atoms with van der Waals surface area (Å²) >= 11 is 0. The molecule has 0 amide bonds. The summed E-state index contributed by atoms with van der Waals surface area (Å²) in [6.45, 7) is 1.83. The van der Waals surface area contributed by atoms with Crippen molar-refractivity contribution in [3.8, 4) is 0 Å². The molecule has 0 bridgehead atoms. The maximum Gasteiger partial charge on any atom is 0.323 e. The van der Waals surface area contributed by atoms with Crippen LogP contribution in [0.2, 0.25) is 0 Å². The number of nitrogens with two attached hydrogens (primary N) is 1. The standard InChI is InChI=1S/C8H15NO4S/c1-3-8(4-14(11,12)5-8)6(9)7(10)13-2/h6H,3-5,9H2,1-2H3/t6-/m1/s1. The molecule has 0 unspecified atom stereocenters. The lowest BCUT2D eigenvalue weighted by Gasteiger charge is -2.43. The van der Waals surface area contributed by atoms with Crippen LogP contribution in [0, 0.1) is 5.41 Å². The fourth-order valence-electron chi connectivity index (χ4n) is 1.81. The van der Waals surface area contributed by atoms with Crippen molar-refractivity contribution < 1.29 is 17.9 Å². The lowest BCUT2D eigenvalue weighted by molar-refractivity contribution is -0.145. The van der Waals surface area contributed by atoms with Crippen molar-refractivity contribution in [3.05, 3.63) is 0 Å². The molecule has 1 rings (SSSR count). The van der Waals surface area contributed by atoms with E-state index < -0.39 is 27.3 Å². The Hall–Kier alpha value is -0.620. The van der Waals surface area contributed by atoms with E-state index in [1.54, 1.807) is 0 Å². The normalized spacial score (nSPS) is 24.8. The number of hydrogen-bond donors (Lipinski definition) is 1. The summed E-state index contributed by atoms with van der Waals surface area (Å²) in [6, 6.07) is -0.832. The van der Waals surface area contributed by atoms with E-state index in [1.165, 1.54) is 7.11 Å². The molecule has 0 saturated carbocycles. The van der Waals surface area contributed by atoms with Gasteiger partial charge in [-0.3, -0.25) is 4.79 Å². The van der Waals surface area contributed by atoms with E-state index >= 15 is 0 Å². The third-order valence-electron chi connectivity index (χ3n) is 2.83. The molecule has 1 atom stereocenters. The number of methoxy groups -OCH3 is 1. The number of sulfone groups is 1. The zero-order valence-electron chi connectivity index (χ0n) is 8.32. The molecule has 0 aromatic rings. The summed E-state index contributed by atoms with van der Waals surface area (Å²) in [4.78, 5) is 11.2. The van der Waals surface area contributed by atoms with Crippen molar-refractivity contribution in [3.63, 3.8) is 0 Å². The Morgan fingerprint density at radius 1 is 1.57 bits per heavy atom. The molecule has 14 heavy (non-hydrogen) atoms. The lowest BCUT2D eigenvalue weighted by Crippen LogP contribution is -2.61. The molecule has 6 heteroatoms. The first-order valence-electron chi connectivity index (χ1n) is 4.41. The first-order chi connectivity index (χ1) is 6.37. The molecule has 1 aliphatic rings. The van der Waals surface area contributed by atoms with E-state index in [-0.39, 0.29) is 11.5 Å². The third-order valence-corrected chi connectivity index (χ3v) is 4.86. The van der Waals surface area contributed by atoms with Crippen LogP contribution in [0.15, 0.2) is 0 Å². The second kappa shape index (κ2) is 3.51. The highest BCUT2D eigenvalue weighted by Crippen LogP contribution is 2.38. The van der Waals surface area contributed by atoms with Crippen LogP contribution in [0.4, 0.5) is 0 Å². The fraction of sp³-hybridized carbons (Fsp3) is 0.875. The summed E-state index contributed by atoms with van der Waals surface area (Å²) in [7, 11) is -1.73. The number of esters is 1. The Balaban J connectivity index is 2.79. The summed E-state index contributed by atoms with van der Waals surface area (Å²) in [6.07, 6.45) is 0.572. The van der Waals surface area contributed by atoms with Gasteiger partial charge in [-0.1, -0.05) is 6.92 Å². The van der Waals surface area contributed by atoms with Gasteiger partial charge in [0.15, 0.2) is 9.84 Å². The third kappa shape index (κ3) is 1.76. The minimum absolute atomic E-state index is 0.00718. The Kier molecular flexibility index (Phi) is 2.87. The topological polar surface area (TPSA) is 86.5 Å². The van der Waals surface area contributed by atoms with E-state index in [0.29, 0.717) is 6.42 Å². The van der Waals surface area contributed by atoms with Gasteiger partial charge in [-0.25, -0.2) is 8.42 Å². The molecule has 1 fully saturated rings. The molecule has 1 aliphatic heterocycles. The van der Waals surface area contributed by atoms with Gasteiger partial charge in [-0.15, -0.1) is 0 Å². The average molecular weight is 221 g/mol. The van der Waals surface area contributed by atoms with Gasteiger partial charge >= 0.3 is 5.97 Å². The summed E-state index contributed by atoms with van der Waals surface area (Å²) in [5.74, 6) is -0.554. The van der Waals surface area contributed by atoms with Crippen LogP contribution in [0.1, 0.15) is 13.3 Å². The van der Waals surface area contributed by atoms with Gasteiger partial charge in [0.05, 0.1) is 18.6 Å². The first kappa shape index (κ1) is 11.5. The molecule has 0 spiro atoms. The van der Waals surface area contributed by atoms with Crippen molar-refractivity contribution in [2.45, 2.75) is 19.4 Å². The van der Waals surface area contributed by atoms with Gasteiger partial charge < -0.3 is 10.5 Å². The van der Waals surface area contributed by atoms with E-state index in [2.05, 4.69) is 4.74 Å². The van der Waals surface area contributed by atoms with Crippen LogP contribution in [0.3, 0.4) is 0 Å². The van der Waals surface area contributed by atoms with Crippen LogP contribution in [0.5, 0.6) is 0 Å². The van der Waals surface area contributed by atoms with E-state index in [4.69, 9.17) is 5.73 Å². The van der Waals surface area contributed by atoms with Crippen molar-refractivity contribution in [2.75, 3.05) is 18.6 Å². The highest BCUT2D eigenvalue weighted by molar-refractivity contribution is 7.92. The monoisotopic (exact) mass is 221 g/mol. The summed E-state index contributed by atoms with van der Waals surface area (Å²) < 4.78 is 26.6. The van der Waals surface area contributed by atoms with Crippen molar-refractivity contribution >= 4 is 15.8 Å². The van der Waals surface area contributed by atoms with Gasteiger partial charge in [0.1, 0.15) is 6.04 Å². The second-order valence-corrected chi connectivity index (χ2v) is 5.81. The molecule has 0 aliphatic carbocycles. The van der Waals surface area contributed by atoms with Gasteiger partial charge in [-0.05, 0) is 6.42 Å². The maximum absolute atomic E-state index is 11.2. The molecule has 1 heterocycles. The summed E-state index contributed by atoms with van der Waals surface area (Å²) in [5, 5.41) is 0. The van der Waals surface area contributed by atoms with Crippen molar-refractivity contribution in [2.24, 2.45) is 11.1 Å². The zero-order valence-corrected chi connectivity index (χ0v) is 9.13. The molecule has 82 valence electrons. The SMILES string of the molecule is CCC1([C@H](N)C(=O)OC)CS(=O)(=O)C1. The number of carbonyl (C=O) groups is 1. The van der Waals surface area contributed by atoms with Crippen molar-refractivity contribution in [1.82, 2.24) is 0 Å². The fourth-order valence-corrected chi connectivity index (χ4v) is 4.25. The number of ether oxygens (including phenoxy) is 1. The zero-order chi connectivity index (χ0) is 11.0. The number of carbonyl (C=O) groups excluding carboxylic acids is 1. The van der Waals surface area contributed by atoms with Crippen LogP contribution < -0.4 is 5.73 Å². The minimum atomic E-state index is -2.98. The highest BCUT2D eigenvalue weighted by atomic mass is 32.2. The average Bonchev–Trinajstić information content (AvgIpc) is 2.10. The lowest BCUT2D eigenvalue weighted by atomic mass is 9.81. The maximum atomic E-state index is 11.2. The van der Waals surface area contributed by atoms with Gasteiger partial charge in [0, 0.05) is 5.41 Å². The van der Waals surface area contributed by atoms with Crippen molar-refractivity contribution in [1.29, 1.82) is 0 Å². The minimum Gasteiger partial charge on any atom is -0.468 e. The molecule has 1 saturated heterocycles. The Bertz CT molecular complexity index is 323. The molecule has 2 N–H and O–H groups in total. The highest BCUT2D eigenvalue weighted by Gasteiger charge is 2.53. The Morgan fingerprint density at radius 2 is 2.07 bits per heavy atom. The molecule has 0 aromatic heterocycles. The van der Waals surface area contributed by atoms with Gasteiger partial charge in [0.25, 0.3) is 0 Å². The quantitative estimate of drug-likeness (QED) is 0.637. The molecular formula is C8H15NO4S. The molecule has 0 radical (unpaired) electrons. The smallest absolute Gasteiger partial charge is 0.323 e. The second-order valence-electron chi connectivity index (χ2n) is 3.75. The van der Waals surface area contributed by atoms with Crippen LogP contribution in [0.25, 0.3) is 0 Å².